The Morgan fingerprint density at radius 3 is 2.42 bits per heavy atom. The minimum Gasteiger partial charge on any atom is -0.319 e. The molecule has 0 saturated heterocycles. The molecule has 3 aromatic rings. The van der Waals surface area contributed by atoms with E-state index in [0.717, 1.165) is 21.7 Å². The van der Waals surface area contributed by atoms with Crippen LogP contribution in [0.5, 0.6) is 0 Å². The molecule has 2 aromatic carbocycles. The normalized spacial score (nSPS) is 11.8. The second-order valence-electron chi connectivity index (χ2n) is 5.59. The molecule has 0 fully saturated rings. The number of thiazole rings is 1. The van der Waals surface area contributed by atoms with Crippen LogP contribution in [0.15, 0.2) is 53.5 Å². The van der Waals surface area contributed by atoms with Crippen molar-refractivity contribution in [1.29, 1.82) is 0 Å². The molecule has 3 rings (SSSR count). The van der Waals surface area contributed by atoms with Crippen LogP contribution in [-0.2, 0) is 7.05 Å². The van der Waals surface area contributed by atoms with Crippen LogP contribution in [0, 0.1) is 13.8 Å². The Labute approximate surface area is 149 Å². The van der Waals surface area contributed by atoms with Crippen molar-refractivity contribution in [3.05, 3.63) is 74.4 Å². The lowest BCUT2D eigenvalue weighted by Gasteiger charge is -2.05. The maximum atomic E-state index is 12.5. The fourth-order valence-corrected chi connectivity index (χ4v) is 3.76. The number of halogens is 1. The molecule has 1 heterocycles. The maximum Gasteiger partial charge on any atom is 0.279 e. The predicted molar refractivity (Wildman–Crippen MR) is 99.5 cm³/mol. The summed E-state index contributed by atoms with van der Waals surface area (Å²) < 4.78 is 1.96. The van der Waals surface area contributed by atoms with Crippen molar-refractivity contribution in [3.8, 4) is 11.3 Å². The molecule has 0 atom stereocenters. The van der Waals surface area contributed by atoms with Gasteiger partial charge in [0.15, 0.2) is 4.80 Å². The molecule has 0 radical (unpaired) electrons. The highest BCUT2D eigenvalue weighted by Gasteiger charge is 2.12. The van der Waals surface area contributed by atoms with E-state index in [9.17, 15) is 4.79 Å². The summed E-state index contributed by atoms with van der Waals surface area (Å²) in [4.78, 5) is 18.6. The van der Waals surface area contributed by atoms with Gasteiger partial charge in [0.05, 0.1) is 5.69 Å². The number of carbonyl (C=O) groups excluding carboxylic acids is 1. The molecule has 122 valence electrons. The Hall–Kier alpha value is -2.17. The first kappa shape index (κ1) is 16.7. The molecular formula is C19H17ClN2OS. The fourth-order valence-electron chi connectivity index (χ4n) is 2.65. The zero-order valence-electron chi connectivity index (χ0n) is 13.7. The van der Waals surface area contributed by atoms with Crippen LogP contribution >= 0.6 is 22.9 Å². The van der Waals surface area contributed by atoms with Crippen molar-refractivity contribution < 1.29 is 4.79 Å². The first-order chi connectivity index (χ1) is 11.5. The van der Waals surface area contributed by atoms with Gasteiger partial charge in [0.1, 0.15) is 0 Å². The SMILES string of the molecule is Cc1ccccc1C(=O)N=c1sc(C)c(-c2ccc(Cl)cc2)n1C. The summed E-state index contributed by atoms with van der Waals surface area (Å²) in [6.07, 6.45) is 0. The van der Waals surface area contributed by atoms with Crippen LogP contribution in [-0.4, -0.2) is 10.5 Å². The Morgan fingerprint density at radius 2 is 1.75 bits per heavy atom. The lowest BCUT2D eigenvalue weighted by Crippen LogP contribution is -2.14. The van der Waals surface area contributed by atoms with Crippen LogP contribution in [0.4, 0.5) is 0 Å². The van der Waals surface area contributed by atoms with Gasteiger partial charge in [0.25, 0.3) is 5.91 Å². The Balaban J connectivity index is 2.07. The van der Waals surface area contributed by atoms with E-state index in [1.165, 1.54) is 11.3 Å². The number of hydrogen-bond donors (Lipinski definition) is 0. The lowest BCUT2D eigenvalue weighted by atomic mass is 10.1. The predicted octanol–water partition coefficient (Wildman–Crippen LogP) is 4.76. The summed E-state index contributed by atoms with van der Waals surface area (Å²) in [6, 6.07) is 15.2. The summed E-state index contributed by atoms with van der Waals surface area (Å²) in [5.41, 5.74) is 3.67. The minimum atomic E-state index is -0.215. The molecule has 0 spiro atoms. The van der Waals surface area contributed by atoms with Gasteiger partial charge in [-0.1, -0.05) is 41.9 Å². The van der Waals surface area contributed by atoms with Crippen LogP contribution in [0.3, 0.4) is 0 Å². The van der Waals surface area contributed by atoms with E-state index in [2.05, 4.69) is 4.99 Å². The van der Waals surface area contributed by atoms with Gasteiger partial charge in [0, 0.05) is 22.5 Å². The zero-order valence-corrected chi connectivity index (χ0v) is 15.3. The van der Waals surface area contributed by atoms with Crippen molar-refractivity contribution >= 4 is 28.8 Å². The van der Waals surface area contributed by atoms with Gasteiger partial charge in [-0.05, 0) is 43.2 Å². The Morgan fingerprint density at radius 1 is 1.08 bits per heavy atom. The third-order valence-corrected chi connectivity index (χ3v) is 5.19. The van der Waals surface area contributed by atoms with E-state index < -0.39 is 0 Å². The first-order valence-corrected chi connectivity index (χ1v) is 8.74. The molecule has 1 aromatic heterocycles. The number of carbonyl (C=O) groups is 1. The quantitative estimate of drug-likeness (QED) is 0.651. The van der Waals surface area contributed by atoms with E-state index in [0.29, 0.717) is 15.4 Å². The van der Waals surface area contributed by atoms with E-state index >= 15 is 0 Å². The maximum absolute atomic E-state index is 12.5. The third-order valence-electron chi connectivity index (χ3n) is 3.89. The topological polar surface area (TPSA) is 34.4 Å². The number of rotatable bonds is 2. The minimum absolute atomic E-state index is 0.215. The summed E-state index contributed by atoms with van der Waals surface area (Å²) >= 11 is 7.48. The standard InChI is InChI=1S/C19H17ClN2OS/c1-12-6-4-5-7-16(12)18(23)21-19-22(3)17(13(2)24-19)14-8-10-15(20)11-9-14/h4-11H,1-3H3. The van der Waals surface area contributed by atoms with E-state index in [4.69, 9.17) is 11.6 Å². The summed E-state index contributed by atoms with van der Waals surface area (Å²) in [6.45, 7) is 3.95. The zero-order chi connectivity index (χ0) is 17.3. The number of amides is 1. The lowest BCUT2D eigenvalue weighted by molar-refractivity contribution is 0.0997. The molecule has 0 aliphatic heterocycles. The van der Waals surface area contributed by atoms with E-state index in [1.807, 2.05) is 74.0 Å². The van der Waals surface area contributed by atoms with Gasteiger partial charge in [-0.2, -0.15) is 4.99 Å². The van der Waals surface area contributed by atoms with E-state index in [-0.39, 0.29) is 5.91 Å². The fraction of sp³-hybridized carbons (Fsp3) is 0.158. The summed E-state index contributed by atoms with van der Waals surface area (Å²) in [5.74, 6) is -0.215. The molecule has 0 N–H and O–H groups in total. The molecule has 1 amide bonds. The molecule has 0 aliphatic rings. The molecule has 0 bridgehead atoms. The molecule has 24 heavy (non-hydrogen) atoms. The monoisotopic (exact) mass is 356 g/mol. The van der Waals surface area contributed by atoms with Crippen molar-refractivity contribution in [2.24, 2.45) is 12.0 Å². The van der Waals surface area contributed by atoms with Crippen molar-refractivity contribution in [2.75, 3.05) is 0 Å². The molecular weight excluding hydrogens is 340 g/mol. The Kier molecular flexibility index (Phi) is 4.69. The highest BCUT2D eigenvalue weighted by Crippen LogP contribution is 2.25. The average molecular weight is 357 g/mol. The smallest absolute Gasteiger partial charge is 0.279 e. The second kappa shape index (κ2) is 6.75. The number of benzene rings is 2. The molecule has 3 nitrogen and oxygen atoms in total. The number of hydrogen-bond acceptors (Lipinski definition) is 2. The largest absolute Gasteiger partial charge is 0.319 e. The van der Waals surface area contributed by atoms with Crippen LogP contribution in [0.2, 0.25) is 5.02 Å². The molecule has 5 heteroatoms. The van der Waals surface area contributed by atoms with Crippen LogP contribution in [0.25, 0.3) is 11.3 Å². The highest BCUT2D eigenvalue weighted by molar-refractivity contribution is 7.09. The van der Waals surface area contributed by atoms with Crippen molar-refractivity contribution in [1.82, 2.24) is 4.57 Å². The second-order valence-corrected chi connectivity index (χ2v) is 7.21. The van der Waals surface area contributed by atoms with Gasteiger partial charge in [-0.3, -0.25) is 4.79 Å². The average Bonchev–Trinajstić information content (AvgIpc) is 2.83. The third kappa shape index (κ3) is 3.21. The van der Waals surface area contributed by atoms with Gasteiger partial charge in [-0.15, -0.1) is 11.3 Å². The van der Waals surface area contributed by atoms with Gasteiger partial charge in [-0.25, -0.2) is 0 Å². The Bertz CT molecular complexity index is 968. The van der Waals surface area contributed by atoms with Crippen molar-refractivity contribution in [2.45, 2.75) is 13.8 Å². The summed E-state index contributed by atoms with van der Waals surface area (Å²) in [5, 5.41) is 0.703. The van der Waals surface area contributed by atoms with Crippen molar-refractivity contribution in [3.63, 3.8) is 0 Å². The van der Waals surface area contributed by atoms with Crippen LogP contribution in [0.1, 0.15) is 20.8 Å². The van der Waals surface area contributed by atoms with Crippen LogP contribution < -0.4 is 4.80 Å². The molecule has 0 unspecified atom stereocenters. The molecule has 0 aliphatic carbocycles. The molecule has 0 saturated carbocycles. The van der Waals surface area contributed by atoms with E-state index in [1.54, 1.807) is 0 Å². The number of aryl methyl sites for hydroxylation is 2. The highest BCUT2D eigenvalue weighted by atomic mass is 35.5. The van der Waals surface area contributed by atoms with Gasteiger partial charge in [0.2, 0.25) is 0 Å². The van der Waals surface area contributed by atoms with Gasteiger partial charge < -0.3 is 4.57 Å². The summed E-state index contributed by atoms with van der Waals surface area (Å²) in [7, 11) is 1.93. The number of aromatic nitrogens is 1. The number of nitrogens with zero attached hydrogens (tertiary/aromatic N) is 2. The van der Waals surface area contributed by atoms with Gasteiger partial charge >= 0.3 is 0 Å². The first-order valence-electron chi connectivity index (χ1n) is 7.54.